The van der Waals surface area contributed by atoms with Crippen molar-refractivity contribution < 1.29 is 14.3 Å². The Bertz CT molecular complexity index is 429. The number of benzene rings is 1. The van der Waals surface area contributed by atoms with Crippen LogP contribution in [0.2, 0.25) is 0 Å². The van der Waals surface area contributed by atoms with E-state index in [1.807, 2.05) is 30.3 Å². The zero-order valence-electron chi connectivity index (χ0n) is 10.2. The normalized spacial score (nSPS) is 15.1. The van der Waals surface area contributed by atoms with Crippen LogP contribution in [0.5, 0.6) is 0 Å². The molecule has 96 valence electrons. The molecule has 1 fully saturated rings. The summed E-state index contributed by atoms with van der Waals surface area (Å²) in [6.45, 7) is 3.03. The Morgan fingerprint density at radius 1 is 1.33 bits per heavy atom. The molecular formula is C13H15NO3S. The summed E-state index contributed by atoms with van der Waals surface area (Å²) in [7, 11) is 0. The van der Waals surface area contributed by atoms with E-state index in [9.17, 15) is 9.59 Å². The fourth-order valence-electron chi connectivity index (χ4n) is 1.71. The highest BCUT2D eigenvalue weighted by Gasteiger charge is 2.32. The van der Waals surface area contributed by atoms with Gasteiger partial charge in [-0.1, -0.05) is 42.1 Å². The SMILES string of the molecule is CC(=O)SC1CN(C(=O)OCc2ccccc2)C1. The van der Waals surface area contributed by atoms with E-state index in [0.717, 1.165) is 5.56 Å². The summed E-state index contributed by atoms with van der Waals surface area (Å²) in [6, 6.07) is 9.57. The minimum atomic E-state index is -0.306. The summed E-state index contributed by atoms with van der Waals surface area (Å²) < 4.78 is 5.18. The van der Waals surface area contributed by atoms with Crippen LogP contribution >= 0.6 is 11.8 Å². The number of likely N-dealkylation sites (tertiary alicyclic amines) is 1. The summed E-state index contributed by atoms with van der Waals surface area (Å²) in [6.07, 6.45) is -0.306. The van der Waals surface area contributed by atoms with Gasteiger partial charge in [-0.25, -0.2) is 4.79 Å². The molecule has 0 bridgehead atoms. The Labute approximate surface area is 110 Å². The van der Waals surface area contributed by atoms with Crippen molar-refractivity contribution >= 4 is 23.0 Å². The van der Waals surface area contributed by atoms with Gasteiger partial charge < -0.3 is 9.64 Å². The average molecular weight is 265 g/mol. The van der Waals surface area contributed by atoms with Gasteiger partial charge in [-0.15, -0.1) is 0 Å². The van der Waals surface area contributed by atoms with Gasteiger partial charge in [-0.05, 0) is 5.56 Å². The zero-order valence-corrected chi connectivity index (χ0v) is 11.0. The number of nitrogens with zero attached hydrogens (tertiary/aromatic N) is 1. The van der Waals surface area contributed by atoms with Crippen molar-refractivity contribution in [2.45, 2.75) is 18.8 Å². The Morgan fingerprint density at radius 3 is 2.61 bits per heavy atom. The average Bonchev–Trinajstić information content (AvgIpc) is 2.31. The Morgan fingerprint density at radius 2 is 2.00 bits per heavy atom. The molecule has 0 aromatic heterocycles. The number of rotatable bonds is 3. The van der Waals surface area contributed by atoms with E-state index in [-0.39, 0.29) is 16.5 Å². The Kier molecular flexibility index (Phi) is 4.25. The second-order valence-electron chi connectivity index (χ2n) is 4.18. The molecule has 1 aromatic rings. The first-order valence-electron chi connectivity index (χ1n) is 5.78. The first-order chi connectivity index (χ1) is 8.65. The minimum absolute atomic E-state index is 0.0947. The van der Waals surface area contributed by atoms with Crippen molar-refractivity contribution in [2.75, 3.05) is 13.1 Å². The zero-order chi connectivity index (χ0) is 13.0. The standard InChI is InChI=1S/C13H15NO3S/c1-10(15)18-12-7-14(8-12)13(16)17-9-11-5-3-2-4-6-11/h2-6,12H,7-9H2,1H3. The van der Waals surface area contributed by atoms with Crippen molar-refractivity contribution in [3.8, 4) is 0 Å². The number of ether oxygens (including phenoxy) is 1. The summed E-state index contributed by atoms with van der Waals surface area (Å²) in [5, 5.41) is 0.323. The molecule has 1 heterocycles. The van der Waals surface area contributed by atoms with Crippen LogP contribution in [-0.4, -0.2) is 34.4 Å². The number of thioether (sulfide) groups is 1. The molecule has 0 radical (unpaired) electrons. The summed E-state index contributed by atoms with van der Waals surface area (Å²) in [5.41, 5.74) is 0.973. The van der Waals surface area contributed by atoms with Gasteiger partial charge in [0.2, 0.25) is 0 Å². The molecule has 1 saturated heterocycles. The molecule has 1 aliphatic rings. The lowest BCUT2D eigenvalue weighted by Gasteiger charge is -2.37. The minimum Gasteiger partial charge on any atom is -0.445 e. The van der Waals surface area contributed by atoms with Gasteiger partial charge in [-0.3, -0.25) is 4.79 Å². The van der Waals surface area contributed by atoms with Gasteiger partial charge in [0, 0.05) is 25.3 Å². The molecular weight excluding hydrogens is 250 g/mol. The van der Waals surface area contributed by atoms with Crippen LogP contribution in [0, 0.1) is 0 Å². The summed E-state index contributed by atoms with van der Waals surface area (Å²) in [5.74, 6) is 0. The fraction of sp³-hybridized carbons (Fsp3) is 0.385. The molecule has 0 N–H and O–H groups in total. The van der Waals surface area contributed by atoms with Crippen LogP contribution < -0.4 is 0 Å². The topological polar surface area (TPSA) is 46.6 Å². The third kappa shape index (κ3) is 3.50. The molecule has 0 saturated carbocycles. The third-order valence-electron chi connectivity index (χ3n) is 2.64. The molecule has 0 atom stereocenters. The quantitative estimate of drug-likeness (QED) is 0.841. The van der Waals surface area contributed by atoms with Gasteiger partial charge in [0.15, 0.2) is 5.12 Å². The van der Waals surface area contributed by atoms with E-state index < -0.39 is 0 Å². The predicted octanol–water partition coefficient (Wildman–Crippen LogP) is 2.29. The van der Waals surface area contributed by atoms with E-state index in [1.165, 1.54) is 11.8 Å². The van der Waals surface area contributed by atoms with Crippen molar-refractivity contribution in [2.24, 2.45) is 0 Å². The lowest BCUT2D eigenvalue weighted by molar-refractivity contribution is -0.109. The Balaban J connectivity index is 1.70. The van der Waals surface area contributed by atoms with E-state index in [0.29, 0.717) is 19.7 Å². The second kappa shape index (κ2) is 5.91. The molecule has 2 rings (SSSR count). The number of carbonyl (C=O) groups excluding carboxylic acids is 2. The van der Waals surface area contributed by atoms with Crippen LogP contribution in [0.4, 0.5) is 4.79 Å². The van der Waals surface area contributed by atoms with Gasteiger partial charge in [0.05, 0.1) is 0 Å². The Hall–Kier alpha value is -1.49. The molecule has 1 aromatic carbocycles. The first kappa shape index (κ1) is 13.0. The fourth-order valence-corrected chi connectivity index (χ4v) is 2.69. The first-order valence-corrected chi connectivity index (χ1v) is 6.66. The maximum atomic E-state index is 11.6. The highest BCUT2D eigenvalue weighted by Crippen LogP contribution is 2.23. The van der Waals surface area contributed by atoms with Gasteiger partial charge in [0.1, 0.15) is 6.61 Å². The molecule has 18 heavy (non-hydrogen) atoms. The monoisotopic (exact) mass is 265 g/mol. The number of hydrogen-bond acceptors (Lipinski definition) is 4. The maximum absolute atomic E-state index is 11.6. The van der Waals surface area contributed by atoms with Crippen molar-refractivity contribution in [1.29, 1.82) is 0 Å². The molecule has 4 nitrogen and oxygen atoms in total. The summed E-state index contributed by atoms with van der Waals surface area (Å²) in [4.78, 5) is 24.1. The molecule has 0 spiro atoms. The third-order valence-corrected chi connectivity index (χ3v) is 3.61. The highest BCUT2D eigenvalue weighted by molar-refractivity contribution is 8.14. The van der Waals surface area contributed by atoms with Crippen LogP contribution in [0.3, 0.4) is 0 Å². The lowest BCUT2D eigenvalue weighted by Crippen LogP contribution is -2.52. The largest absolute Gasteiger partial charge is 0.445 e. The smallest absolute Gasteiger partial charge is 0.410 e. The van der Waals surface area contributed by atoms with Crippen LogP contribution in [0.1, 0.15) is 12.5 Å². The van der Waals surface area contributed by atoms with Crippen LogP contribution in [0.25, 0.3) is 0 Å². The molecule has 1 amide bonds. The summed E-state index contributed by atoms with van der Waals surface area (Å²) >= 11 is 1.29. The van der Waals surface area contributed by atoms with Gasteiger partial charge in [0.25, 0.3) is 0 Å². The van der Waals surface area contributed by atoms with E-state index >= 15 is 0 Å². The molecule has 0 aliphatic carbocycles. The predicted molar refractivity (Wildman–Crippen MR) is 70.3 cm³/mol. The molecule has 5 heteroatoms. The highest BCUT2D eigenvalue weighted by atomic mass is 32.2. The number of hydrogen-bond donors (Lipinski definition) is 0. The van der Waals surface area contributed by atoms with Crippen molar-refractivity contribution in [3.05, 3.63) is 35.9 Å². The van der Waals surface area contributed by atoms with Gasteiger partial charge in [-0.2, -0.15) is 0 Å². The second-order valence-corrected chi connectivity index (χ2v) is 5.65. The maximum Gasteiger partial charge on any atom is 0.410 e. The van der Waals surface area contributed by atoms with Crippen LogP contribution in [0.15, 0.2) is 30.3 Å². The van der Waals surface area contributed by atoms with Gasteiger partial charge >= 0.3 is 6.09 Å². The van der Waals surface area contributed by atoms with Crippen LogP contribution in [-0.2, 0) is 16.1 Å². The number of carbonyl (C=O) groups is 2. The van der Waals surface area contributed by atoms with E-state index in [2.05, 4.69) is 0 Å². The lowest BCUT2D eigenvalue weighted by atomic mass is 10.2. The van der Waals surface area contributed by atoms with E-state index in [4.69, 9.17) is 4.74 Å². The molecule has 0 unspecified atom stereocenters. The number of amides is 1. The molecule has 1 aliphatic heterocycles. The van der Waals surface area contributed by atoms with Crippen molar-refractivity contribution in [1.82, 2.24) is 4.90 Å². The van der Waals surface area contributed by atoms with Crippen molar-refractivity contribution in [3.63, 3.8) is 0 Å². The van der Waals surface area contributed by atoms with E-state index in [1.54, 1.807) is 11.8 Å².